The molecule has 164 valence electrons. The average Bonchev–Trinajstić information content (AvgIpc) is 3.40. The highest BCUT2D eigenvalue weighted by molar-refractivity contribution is 8.15. The Kier molecular flexibility index (Phi) is 5.82. The number of H-pyrrole nitrogens is 1. The lowest BCUT2D eigenvalue weighted by Gasteiger charge is -2.17. The normalized spacial score (nSPS) is 14.7. The Bertz CT molecular complexity index is 1340. The number of thioether (sulfide) groups is 1. The van der Waals surface area contributed by atoms with Gasteiger partial charge in [0.25, 0.3) is 11.8 Å². The number of fused-ring (bicyclic) bond motifs is 1. The molecule has 4 aromatic rings. The molecule has 2 amide bonds. The van der Waals surface area contributed by atoms with Crippen LogP contribution in [0.25, 0.3) is 22.2 Å². The molecule has 1 aliphatic heterocycles. The molecular weight excluding hydrogens is 436 g/mol. The molecule has 5 rings (SSSR count). The number of benzene rings is 3. The van der Waals surface area contributed by atoms with Crippen LogP contribution in [-0.4, -0.2) is 39.3 Å². The van der Waals surface area contributed by atoms with Gasteiger partial charge in [-0.1, -0.05) is 78.5 Å². The van der Waals surface area contributed by atoms with Crippen molar-refractivity contribution in [3.05, 3.63) is 84.9 Å². The van der Waals surface area contributed by atoms with E-state index in [1.807, 2.05) is 72.8 Å². The van der Waals surface area contributed by atoms with Crippen molar-refractivity contribution in [3.8, 4) is 17.0 Å². The molecule has 2 N–H and O–H groups in total. The van der Waals surface area contributed by atoms with E-state index in [0.717, 1.165) is 22.2 Å². The molecule has 1 aliphatic rings. The van der Waals surface area contributed by atoms with Crippen molar-refractivity contribution in [2.24, 2.45) is 4.99 Å². The third kappa shape index (κ3) is 4.47. The summed E-state index contributed by atoms with van der Waals surface area (Å²) < 4.78 is 5.49. The van der Waals surface area contributed by atoms with Crippen molar-refractivity contribution >= 4 is 45.3 Å². The van der Waals surface area contributed by atoms with E-state index in [1.54, 1.807) is 12.1 Å². The van der Waals surface area contributed by atoms with Gasteiger partial charge in [0.2, 0.25) is 0 Å². The number of nitrogens with one attached hydrogen (secondary N) is 2. The zero-order valence-corrected chi connectivity index (χ0v) is 18.3. The number of hydrazine groups is 1. The first kappa shape index (κ1) is 20.8. The van der Waals surface area contributed by atoms with E-state index in [1.165, 1.54) is 16.8 Å². The van der Waals surface area contributed by atoms with Crippen molar-refractivity contribution in [1.29, 1.82) is 0 Å². The summed E-state index contributed by atoms with van der Waals surface area (Å²) in [7, 11) is 0. The molecular formula is C25H20N4O3S. The van der Waals surface area contributed by atoms with Crippen LogP contribution >= 0.6 is 11.8 Å². The van der Waals surface area contributed by atoms with E-state index < -0.39 is 5.91 Å². The molecule has 0 spiro atoms. The molecule has 1 aromatic heterocycles. The van der Waals surface area contributed by atoms with Crippen LogP contribution in [0.2, 0.25) is 0 Å². The number of nitrogens with zero attached hydrogens (tertiary/aromatic N) is 2. The van der Waals surface area contributed by atoms with Gasteiger partial charge in [-0.25, -0.2) is 4.99 Å². The summed E-state index contributed by atoms with van der Waals surface area (Å²) >= 11 is 1.28. The van der Waals surface area contributed by atoms with Crippen molar-refractivity contribution in [2.75, 3.05) is 12.4 Å². The first-order chi connectivity index (χ1) is 16.2. The Labute approximate surface area is 194 Å². The van der Waals surface area contributed by atoms with Gasteiger partial charge < -0.3 is 9.72 Å². The van der Waals surface area contributed by atoms with E-state index in [-0.39, 0.29) is 18.3 Å². The third-order valence-electron chi connectivity index (χ3n) is 5.06. The van der Waals surface area contributed by atoms with Gasteiger partial charge in [0, 0.05) is 16.5 Å². The standard InChI is InChI=1S/C25H20N4O3S/c30-21(15-32-18-11-5-2-6-12-18)28-29-22(31)16-33-25(29)27-24-19-13-7-8-14-20(19)26-23(24)17-9-3-1-4-10-17/h1-14,26H,15-16H2,(H,28,30). The minimum Gasteiger partial charge on any atom is -0.484 e. The number of aliphatic imine (C=N–C) groups is 1. The predicted octanol–water partition coefficient (Wildman–Crippen LogP) is 4.51. The summed E-state index contributed by atoms with van der Waals surface area (Å²) in [6, 6.07) is 26.8. The molecule has 3 aromatic carbocycles. The first-order valence-corrected chi connectivity index (χ1v) is 11.4. The van der Waals surface area contributed by atoms with Gasteiger partial charge in [-0.3, -0.25) is 15.0 Å². The van der Waals surface area contributed by atoms with Crippen LogP contribution in [0.15, 0.2) is 89.9 Å². The zero-order chi connectivity index (χ0) is 22.6. The van der Waals surface area contributed by atoms with E-state index in [9.17, 15) is 9.59 Å². The van der Waals surface area contributed by atoms with Crippen LogP contribution in [0.1, 0.15) is 0 Å². The van der Waals surface area contributed by atoms with Gasteiger partial charge in [0.1, 0.15) is 5.75 Å². The van der Waals surface area contributed by atoms with Gasteiger partial charge in [0.05, 0.1) is 17.1 Å². The number of amides is 2. The van der Waals surface area contributed by atoms with Crippen LogP contribution in [0.5, 0.6) is 5.75 Å². The van der Waals surface area contributed by atoms with E-state index in [4.69, 9.17) is 9.73 Å². The lowest BCUT2D eigenvalue weighted by molar-refractivity contribution is -0.135. The third-order valence-corrected chi connectivity index (χ3v) is 5.99. The van der Waals surface area contributed by atoms with E-state index in [2.05, 4.69) is 10.4 Å². The smallest absolute Gasteiger partial charge is 0.276 e. The van der Waals surface area contributed by atoms with Gasteiger partial charge in [-0.15, -0.1) is 0 Å². The maximum absolute atomic E-state index is 12.5. The topological polar surface area (TPSA) is 86.8 Å². The molecule has 0 aliphatic carbocycles. The maximum atomic E-state index is 12.5. The highest BCUT2D eigenvalue weighted by Gasteiger charge is 2.31. The quantitative estimate of drug-likeness (QED) is 0.447. The second kappa shape index (κ2) is 9.22. The van der Waals surface area contributed by atoms with Crippen LogP contribution in [0.3, 0.4) is 0 Å². The molecule has 0 saturated carbocycles. The Morgan fingerprint density at radius 3 is 2.48 bits per heavy atom. The minimum absolute atomic E-state index is 0.196. The molecule has 0 radical (unpaired) electrons. The molecule has 33 heavy (non-hydrogen) atoms. The Morgan fingerprint density at radius 1 is 1.00 bits per heavy atom. The number of rotatable bonds is 6. The fourth-order valence-corrected chi connectivity index (χ4v) is 4.34. The Balaban J connectivity index is 1.43. The number of amidine groups is 1. The number of hydrogen-bond donors (Lipinski definition) is 2. The van der Waals surface area contributed by atoms with Crippen LogP contribution < -0.4 is 10.2 Å². The van der Waals surface area contributed by atoms with Crippen LogP contribution in [0, 0.1) is 0 Å². The molecule has 7 nitrogen and oxygen atoms in total. The summed E-state index contributed by atoms with van der Waals surface area (Å²) in [5, 5.41) is 2.55. The molecule has 8 heteroatoms. The number of aromatic nitrogens is 1. The molecule has 0 atom stereocenters. The van der Waals surface area contributed by atoms with Gasteiger partial charge in [-0.05, 0) is 18.2 Å². The number of aromatic amines is 1. The molecule has 1 saturated heterocycles. The Hall–Kier alpha value is -4.04. The lowest BCUT2D eigenvalue weighted by Crippen LogP contribution is -2.47. The van der Waals surface area contributed by atoms with Crippen molar-refractivity contribution in [3.63, 3.8) is 0 Å². The Morgan fingerprint density at radius 2 is 1.70 bits per heavy atom. The van der Waals surface area contributed by atoms with Crippen molar-refractivity contribution in [2.45, 2.75) is 0 Å². The largest absolute Gasteiger partial charge is 0.484 e. The minimum atomic E-state index is -0.440. The predicted molar refractivity (Wildman–Crippen MR) is 130 cm³/mol. The zero-order valence-electron chi connectivity index (χ0n) is 17.5. The molecule has 0 bridgehead atoms. The average molecular weight is 457 g/mol. The van der Waals surface area contributed by atoms with Crippen molar-refractivity contribution in [1.82, 2.24) is 15.4 Å². The monoisotopic (exact) mass is 456 g/mol. The number of carbonyl (C=O) groups is 2. The summed E-state index contributed by atoms with van der Waals surface area (Å²) in [6.45, 7) is -0.214. The van der Waals surface area contributed by atoms with Crippen LogP contribution in [0.4, 0.5) is 5.69 Å². The fraction of sp³-hybridized carbons (Fsp3) is 0.0800. The highest BCUT2D eigenvalue weighted by Crippen LogP contribution is 2.38. The maximum Gasteiger partial charge on any atom is 0.276 e. The lowest BCUT2D eigenvalue weighted by atomic mass is 10.1. The molecule has 1 fully saturated rings. The highest BCUT2D eigenvalue weighted by atomic mass is 32.2. The summed E-state index contributed by atoms with van der Waals surface area (Å²) in [5.74, 6) is 0.0919. The summed E-state index contributed by atoms with van der Waals surface area (Å²) in [5.41, 5.74) is 6.12. The van der Waals surface area contributed by atoms with Crippen LogP contribution in [-0.2, 0) is 9.59 Å². The number of para-hydroxylation sites is 2. The number of ether oxygens (including phenoxy) is 1. The summed E-state index contributed by atoms with van der Waals surface area (Å²) in [4.78, 5) is 33.2. The van der Waals surface area contributed by atoms with Gasteiger partial charge >= 0.3 is 0 Å². The molecule has 0 unspecified atom stereocenters. The number of hydrogen-bond acceptors (Lipinski definition) is 5. The second-order valence-electron chi connectivity index (χ2n) is 7.31. The van der Waals surface area contributed by atoms with Gasteiger partial charge in [0.15, 0.2) is 11.8 Å². The summed E-state index contributed by atoms with van der Waals surface area (Å²) in [6.07, 6.45) is 0. The number of carbonyl (C=O) groups excluding carboxylic acids is 2. The molecule has 2 heterocycles. The van der Waals surface area contributed by atoms with E-state index in [0.29, 0.717) is 16.6 Å². The SMILES string of the molecule is O=C(COc1ccccc1)NN1C(=O)CSC1=Nc1c(-c2ccccc2)[nH]c2ccccc12. The first-order valence-electron chi connectivity index (χ1n) is 10.4. The van der Waals surface area contributed by atoms with Gasteiger partial charge in [-0.2, -0.15) is 5.01 Å². The van der Waals surface area contributed by atoms with E-state index >= 15 is 0 Å². The fourth-order valence-electron chi connectivity index (χ4n) is 3.53. The second-order valence-corrected chi connectivity index (χ2v) is 8.25. The van der Waals surface area contributed by atoms with Crippen molar-refractivity contribution < 1.29 is 14.3 Å².